The first-order valence-corrected chi connectivity index (χ1v) is 11.0. The van der Waals surface area contributed by atoms with Crippen molar-refractivity contribution in [2.24, 2.45) is 11.8 Å². The molecule has 6 heteroatoms. The SMILES string of the molecule is COCCc1ncc(CN[C@H]2[C@H]3CCCC[C@H]3[C@@H]2c2ccc(OC)c(OC)c2)cn1. The average Bonchev–Trinajstić information content (AvgIpc) is 2.79. The molecular weight excluding hydrogens is 378 g/mol. The van der Waals surface area contributed by atoms with Crippen molar-refractivity contribution in [3.63, 3.8) is 0 Å². The highest BCUT2D eigenvalue weighted by atomic mass is 16.5. The molecule has 0 bridgehead atoms. The number of rotatable bonds is 9. The van der Waals surface area contributed by atoms with E-state index in [2.05, 4.69) is 27.4 Å². The second-order valence-electron chi connectivity index (χ2n) is 8.41. The van der Waals surface area contributed by atoms with E-state index in [1.54, 1.807) is 21.3 Å². The van der Waals surface area contributed by atoms with E-state index in [4.69, 9.17) is 14.2 Å². The third-order valence-corrected chi connectivity index (χ3v) is 6.81. The number of nitrogens with one attached hydrogen (secondary N) is 1. The summed E-state index contributed by atoms with van der Waals surface area (Å²) < 4.78 is 16.1. The van der Waals surface area contributed by atoms with Gasteiger partial charge < -0.3 is 19.5 Å². The van der Waals surface area contributed by atoms with Gasteiger partial charge in [-0.05, 0) is 42.4 Å². The third-order valence-electron chi connectivity index (χ3n) is 6.81. The maximum atomic E-state index is 5.56. The number of fused-ring (bicyclic) bond motifs is 1. The Labute approximate surface area is 179 Å². The molecule has 162 valence electrons. The second kappa shape index (κ2) is 9.75. The van der Waals surface area contributed by atoms with Crippen molar-refractivity contribution in [3.8, 4) is 11.5 Å². The van der Waals surface area contributed by atoms with Crippen LogP contribution < -0.4 is 14.8 Å². The summed E-state index contributed by atoms with van der Waals surface area (Å²) in [5.74, 6) is 4.45. The number of benzene rings is 1. The van der Waals surface area contributed by atoms with E-state index in [0.29, 0.717) is 18.6 Å². The lowest BCUT2D eigenvalue weighted by Gasteiger charge is -2.55. The lowest BCUT2D eigenvalue weighted by Crippen LogP contribution is -2.57. The molecule has 1 aromatic heterocycles. The molecule has 2 fully saturated rings. The van der Waals surface area contributed by atoms with Gasteiger partial charge in [0.05, 0.1) is 20.8 Å². The Morgan fingerprint density at radius 1 is 0.967 bits per heavy atom. The highest BCUT2D eigenvalue weighted by Crippen LogP contribution is 2.55. The summed E-state index contributed by atoms with van der Waals surface area (Å²) in [4.78, 5) is 8.95. The van der Waals surface area contributed by atoms with Gasteiger partial charge in [0.2, 0.25) is 0 Å². The van der Waals surface area contributed by atoms with E-state index in [0.717, 1.165) is 47.7 Å². The minimum atomic E-state index is 0.474. The fourth-order valence-corrected chi connectivity index (χ4v) is 5.29. The van der Waals surface area contributed by atoms with E-state index < -0.39 is 0 Å². The maximum absolute atomic E-state index is 5.56. The standard InChI is InChI=1S/C24H33N3O3/c1-28-11-10-22-25-13-16(14-26-22)15-27-24-19-7-5-4-6-18(19)23(24)17-8-9-20(29-2)21(12-17)30-3/h8-9,12-14,18-19,23-24,27H,4-7,10-11,15H2,1-3H3/t18-,19+,23+,24+/m1/s1. The van der Waals surface area contributed by atoms with Crippen molar-refractivity contribution in [1.82, 2.24) is 15.3 Å². The molecule has 1 aromatic carbocycles. The number of nitrogens with zero attached hydrogens (tertiary/aromatic N) is 2. The van der Waals surface area contributed by atoms with Gasteiger partial charge in [-0.1, -0.05) is 18.9 Å². The number of aromatic nitrogens is 2. The Balaban J connectivity index is 1.46. The monoisotopic (exact) mass is 411 g/mol. The second-order valence-corrected chi connectivity index (χ2v) is 8.41. The highest BCUT2D eigenvalue weighted by Gasteiger charge is 2.51. The smallest absolute Gasteiger partial charge is 0.160 e. The minimum Gasteiger partial charge on any atom is -0.493 e. The Kier molecular flexibility index (Phi) is 6.85. The summed E-state index contributed by atoms with van der Waals surface area (Å²) in [5, 5.41) is 3.84. The fraction of sp³-hybridized carbons (Fsp3) is 0.583. The van der Waals surface area contributed by atoms with Crippen LogP contribution in [0.3, 0.4) is 0 Å². The van der Waals surface area contributed by atoms with Crippen LogP contribution in [-0.4, -0.2) is 43.9 Å². The zero-order valence-corrected chi connectivity index (χ0v) is 18.3. The topological polar surface area (TPSA) is 65.5 Å². The first-order chi connectivity index (χ1) is 14.7. The fourth-order valence-electron chi connectivity index (χ4n) is 5.29. The molecule has 0 radical (unpaired) electrons. The van der Waals surface area contributed by atoms with Gasteiger partial charge in [0.1, 0.15) is 5.82 Å². The van der Waals surface area contributed by atoms with Crippen LogP contribution in [0, 0.1) is 11.8 Å². The Hall–Kier alpha value is -2.18. The number of ether oxygens (including phenoxy) is 3. The molecule has 2 aromatic rings. The van der Waals surface area contributed by atoms with E-state index in [-0.39, 0.29) is 0 Å². The predicted octanol–water partition coefficient (Wildman–Crippen LogP) is 3.74. The van der Waals surface area contributed by atoms with Crippen LogP contribution in [0.4, 0.5) is 0 Å². The summed E-state index contributed by atoms with van der Waals surface area (Å²) in [5.41, 5.74) is 2.47. The number of methoxy groups -OCH3 is 3. The maximum Gasteiger partial charge on any atom is 0.160 e. The lowest BCUT2D eigenvalue weighted by atomic mass is 9.53. The summed E-state index contributed by atoms with van der Waals surface area (Å²) in [6.45, 7) is 1.44. The third kappa shape index (κ3) is 4.30. The van der Waals surface area contributed by atoms with Crippen LogP contribution in [0.1, 0.15) is 48.6 Å². The van der Waals surface area contributed by atoms with Crippen molar-refractivity contribution in [1.29, 1.82) is 0 Å². The van der Waals surface area contributed by atoms with Crippen molar-refractivity contribution in [2.75, 3.05) is 27.9 Å². The molecule has 0 aliphatic heterocycles. The number of hydrogen-bond donors (Lipinski definition) is 1. The van der Waals surface area contributed by atoms with Gasteiger partial charge in [0, 0.05) is 50.0 Å². The van der Waals surface area contributed by atoms with E-state index in [1.165, 1.54) is 31.2 Å². The number of hydrogen-bond acceptors (Lipinski definition) is 6. The van der Waals surface area contributed by atoms with Crippen molar-refractivity contribution >= 4 is 0 Å². The zero-order valence-electron chi connectivity index (χ0n) is 18.3. The highest BCUT2D eigenvalue weighted by molar-refractivity contribution is 5.45. The van der Waals surface area contributed by atoms with Crippen LogP contribution in [-0.2, 0) is 17.7 Å². The van der Waals surface area contributed by atoms with Crippen LogP contribution in [0.15, 0.2) is 30.6 Å². The predicted molar refractivity (Wildman–Crippen MR) is 116 cm³/mol. The molecule has 4 rings (SSSR count). The molecule has 1 N–H and O–H groups in total. The summed E-state index contributed by atoms with van der Waals surface area (Å²) in [6.07, 6.45) is 9.94. The van der Waals surface area contributed by atoms with E-state index >= 15 is 0 Å². The molecule has 2 aliphatic carbocycles. The molecule has 0 saturated heterocycles. The van der Waals surface area contributed by atoms with Gasteiger partial charge in [0.15, 0.2) is 11.5 Å². The van der Waals surface area contributed by atoms with E-state index in [9.17, 15) is 0 Å². The van der Waals surface area contributed by atoms with Crippen LogP contribution in [0.25, 0.3) is 0 Å². The molecule has 2 aliphatic rings. The van der Waals surface area contributed by atoms with Gasteiger partial charge in [-0.15, -0.1) is 0 Å². The Bertz CT molecular complexity index is 827. The lowest BCUT2D eigenvalue weighted by molar-refractivity contribution is 0.0252. The van der Waals surface area contributed by atoms with Crippen LogP contribution in [0.5, 0.6) is 11.5 Å². The molecule has 0 amide bonds. The van der Waals surface area contributed by atoms with Crippen LogP contribution >= 0.6 is 0 Å². The Morgan fingerprint density at radius 3 is 2.40 bits per heavy atom. The minimum absolute atomic E-state index is 0.474. The summed E-state index contributed by atoms with van der Waals surface area (Å²) in [6, 6.07) is 6.88. The van der Waals surface area contributed by atoms with Crippen molar-refractivity contribution < 1.29 is 14.2 Å². The molecule has 2 saturated carbocycles. The van der Waals surface area contributed by atoms with E-state index in [1.807, 2.05) is 18.5 Å². The molecule has 6 nitrogen and oxygen atoms in total. The van der Waals surface area contributed by atoms with Gasteiger partial charge in [-0.3, -0.25) is 0 Å². The van der Waals surface area contributed by atoms with Gasteiger partial charge >= 0.3 is 0 Å². The normalized spacial score (nSPS) is 25.3. The van der Waals surface area contributed by atoms with Crippen LogP contribution in [0.2, 0.25) is 0 Å². The molecule has 1 heterocycles. The average molecular weight is 412 g/mol. The summed E-state index contributed by atoms with van der Waals surface area (Å²) in [7, 11) is 5.09. The largest absolute Gasteiger partial charge is 0.493 e. The molecule has 0 spiro atoms. The first kappa shape index (κ1) is 21.1. The van der Waals surface area contributed by atoms with Gasteiger partial charge in [0.25, 0.3) is 0 Å². The van der Waals surface area contributed by atoms with Crippen molar-refractivity contribution in [2.45, 2.75) is 50.6 Å². The Morgan fingerprint density at radius 2 is 1.70 bits per heavy atom. The van der Waals surface area contributed by atoms with Gasteiger partial charge in [-0.25, -0.2) is 9.97 Å². The summed E-state index contributed by atoms with van der Waals surface area (Å²) >= 11 is 0. The van der Waals surface area contributed by atoms with Gasteiger partial charge in [-0.2, -0.15) is 0 Å². The molecule has 30 heavy (non-hydrogen) atoms. The first-order valence-electron chi connectivity index (χ1n) is 11.0. The zero-order chi connectivity index (χ0) is 20.9. The molecule has 0 unspecified atom stereocenters. The van der Waals surface area contributed by atoms with Crippen molar-refractivity contribution in [3.05, 3.63) is 47.5 Å². The quantitative estimate of drug-likeness (QED) is 0.678. The molecular formula is C24H33N3O3. The molecule has 4 atom stereocenters.